The molecular formula is C91H73N9O13S3. The Morgan fingerprint density at radius 1 is 0.543 bits per heavy atom. The number of thioether (sulfide) groups is 2. The van der Waals surface area contributed by atoms with Crippen molar-refractivity contribution in [2.75, 3.05) is 16.8 Å². The van der Waals surface area contributed by atoms with Gasteiger partial charge in [-0.05, 0) is 87.7 Å². The molecule has 2 aliphatic heterocycles. The minimum absolute atomic E-state index is 0.0478. The quantitative estimate of drug-likeness (QED) is 0.00531. The van der Waals surface area contributed by atoms with Crippen LogP contribution in [0.1, 0.15) is 117 Å². The SMILES string of the molecule is CC(=O)Oc1ccc(C(C)(ON=C(C(=O)N[C@@H]2C(=O)N3C(C(=O)OC(c4ccccc4)c4ccccc4)=C(CSc4cc(C)nc5nc(C(=O)OC(c6ccccc6)c6ccccc6)nn45)CS[C@H]23)c2csc(NC(c3ccccc3)(c3ccccc3)c3ccccc3)n2)C(=O)OC(c2ccccc2)c2ccccc2)cc1OC(C)=O. The van der Waals surface area contributed by atoms with Crippen LogP contribution in [0.5, 0.6) is 11.5 Å². The minimum atomic E-state index is -2.40. The highest BCUT2D eigenvalue weighted by molar-refractivity contribution is 8.01. The molecule has 2 N–H and O–H groups in total. The molecule has 2 aliphatic rings. The number of thiazole rings is 1. The van der Waals surface area contributed by atoms with E-state index in [1.54, 1.807) is 66.9 Å². The fourth-order valence-electron chi connectivity index (χ4n) is 13.8. The standard InChI is InChI=1S/C91H73N9O13S3/c1-57-52-74(100-88(92-57)95-81(97-100)86(106)111-79(62-36-18-7-19-37-62)63-38-20-8-21-39-63)114-54-66-55-115-84-76(83(104)99(84)77(66)85(105)110-78(60-32-14-5-15-33-60)61-34-16-6-17-35-61)94-82(103)75(71-56-116-89(93-71)96-91(67-44-26-11-27-45-67,68-46-28-12-29-47-68)69-48-30-13-31-49-69)98-113-90(4,70-50-51-72(108-58(2)101)73(53-70)109-59(3)102)87(107)112-80(64-40-22-9-23-41-64)65-42-24-10-25-43-65/h5-53,56,76,78-80,84H,54-55H2,1-4H3,(H,93,96)(H,94,103)/t76-,84-,90?/m1/s1. The Bertz CT molecular complexity index is 5610. The van der Waals surface area contributed by atoms with Crippen molar-refractivity contribution in [1.82, 2.24) is 34.8 Å². The first-order valence-corrected chi connectivity index (χ1v) is 39.9. The third-order valence-electron chi connectivity index (χ3n) is 19.4. The zero-order valence-corrected chi connectivity index (χ0v) is 65.3. The lowest BCUT2D eigenvalue weighted by molar-refractivity contribution is -0.176. The molecule has 578 valence electrons. The number of carbonyl (C=O) groups is 7. The van der Waals surface area contributed by atoms with Crippen molar-refractivity contribution >= 4 is 93.1 Å². The van der Waals surface area contributed by atoms with E-state index in [1.807, 2.05) is 224 Å². The van der Waals surface area contributed by atoms with Gasteiger partial charge in [-0.1, -0.05) is 284 Å². The Balaban J connectivity index is 0.809. The fourth-order valence-corrected chi connectivity index (χ4v) is 17.1. The van der Waals surface area contributed by atoms with Crippen LogP contribution in [0, 0.1) is 6.92 Å². The normalized spacial score (nSPS) is 14.6. The molecule has 1 fully saturated rings. The van der Waals surface area contributed by atoms with E-state index in [0.29, 0.717) is 43.7 Å². The first-order valence-electron chi connectivity index (χ1n) is 37.0. The highest BCUT2D eigenvalue weighted by Crippen LogP contribution is 2.46. The van der Waals surface area contributed by atoms with Crippen LogP contribution in [-0.2, 0) is 59.0 Å². The summed E-state index contributed by atoms with van der Waals surface area (Å²) in [5.41, 5.74) is 3.25. The number of aryl methyl sites for hydroxylation is 1. The van der Waals surface area contributed by atoms with Crippen LogP contribution in [0.25, 0.3) is 5.78 Å². The summed E-state index contributed by atoms with van der Waals surface area (Å²) in [4.78, 5) is 125. The highest BCUT2D eigenvalue weighted by atomic mass is 32.2. The van der Waals surface area contributed by atoms with Crippen molar-refractivity contribution in [2.24, 2.45) is 5.16 Å². The van der Waals surface area contributed by atoms with E-state index in [2.05, 4.69) is 30.9 Å². The summed E-state index contributed by atoms with van der Waals surface area (Å²) in [5, 5.41) is 17.4. The molecule has 2 amide bonds. The number of hydrogen-bond donors (Lipinski definition) is 2. The van der Waals surface area contributed by atoms with Crippen LogP contribution in [0.2, 0.25) is 0 Å². The van der Waals surface area contributed by atoms with Crippen LogP contribution in [0.15, 0.2) is 324 Å². The van der Waals surface area contributed by atoms with E-state index in [1.165, 1.54) is 65.0 Å². The summed E-state index contributed by atoms with van der Waals surface area (Å²) in [6.45, 7) is 5.44. The molecule has 1 unspecified atom stereocenters. The maximum absolute atomic E-state index is 16.0. The minimum Gasteiger partial charge on any atom is -0.449 e. The van der Waals surface area contributed by atoms with Crippen molar-refractivity contribution in [2.45, 2.75) is 73.6 Å². The summed E-state index contributed by atoms with van der Waals surface area (Å²) in [7, 11) is 0. The molecule has 0 saturated carbocycles. The number of esters is 5. The van der Waals surface area contributed by atoms with E-state index < -0.39 is 88.2 Å². The van der Waals surface area contributed by atoms with E-state index in [0.717, 1.165) is 46.1 Å². The number of anilines is 1. The number of oxime groups is 1. The summed E-state index contributed by atoms with van der Waals surface area (Å²) in [5.74, 6) is -6.31. The molecule has 22 nitrogen and oxygen atoms in total. The number of amides is 2. The van der Waals surface area contributed by atoms with Gasteiger partial charge in [0.2, 0.25) is 0 Å². The second-order valence-electron chi connectivity index (χ2n) is 27.2. The number of nitrogens with zero attached hydrogens (tertiary/aromatic N) is 7. The second-order valence-corrected chi connectivity index (χ2v) is 30.2. The molecular weight excluding hydrogens is 1520 g/mol. The number of fused-ring (bicyclic) bond motifs is 2. The van der Waals surface area contributed by atoms with Gasteiger partial charge in [0, 0.05) is 42.0 Å². The summed E-state index contributed by atoms with van der Waals surface area (Å²) < 4.78 is 31.9. The number of carbonyl (C=O) groups excluding carboxylic acids is 7. The van der Waals surface area contributed by atoms with Crippen molar-refractivity contribution in [3.63, 3.8) is 0 Å². The second kappa shape index (κ2) is 34.8. The molecule has 5 heterocycles. The van der Waals surface area contributed by atoms with Crippen molar-refractivity contribution in [3.05, 3.63) is 387 Å². The van der Waals surface area contributed by atoms with Gasteiger partial charge >= 0.3 is 29.8 Å². The topological polar surface area (TPSA) is 270 Å². The summed E-state index contributed by atoms with van der Waals surface area (Å²) >= 11 is 3.68. The predicted octanol–water partition coefficient (Wildman–Crippen LogP) is 15.8. The van der Waals surface area contributed by atoms with Gasteiger partial charge in [-0.3, -0.25) is 24.1 Å². The van der Waals surface area contributed by atoms with Gasteiger partial charge in [-0.25, -0.2) is 24.4 Å². The molecule has 3 aromatic heterocycles. The largest absolute Gasteiger partial charge is 0.449 e. The number of benzene rings is 10. The number of nitrogens with one attached hydrogen (secondary N) is 2. The Hall–Kier alpha value is -13.6. The van der Waals surface area contributed by atoms with Gasteiger partial charge in [0.25, 0.3) is 29.0 Å². The van der Waals surface area contributed by atoms with Crippen LogP contribution in [0.3, 0.4) is 0 Å². The number of ether oxygens (including phenoxy) is 5. The van der Waals surface area contributed by atoms with E-state index in [9.17, 15) is 14.4 Å². The van der Waals surface area contributed by atoms with Gasteiger partial charge in [0.1, 0.15) is 33.4 Å². The molecule has 3 atom stereocenters. The smallest absolute Gasteiger partial charge is 0.379 e. The average molecular weight is 1600 g/mol. The maximum Gasteiger partial charge on any atom is 0.379 e. The molecule has 25 heteroatoms. The zero-order valence-electron chi connectivity index (χ0n) is 62.8. The molecule has 15 rings (SSSR count). The first kappa shape index (κ1) is 77.7. The third-order valence-corrected chi connectivity index (χ3v) is 22.6. The van der Waals surface area contributed by atoms with Crippen molar-refractivity contribution in [3.8, 4) is 11.5 Å². The molecule has 0 bridgehead atoms. The highest BCUT2D eigenvalue weighted by Gasteiger charge is 2.55. The summed E-state index contributed by atoms with van der Waals surface area (Å²) in [6.07, 6.45) is -2.81. The zero-order chi connectivity index (χ0) is 80.3. The average Bonchev–Trinajstić information content (AvgIpc) is 1.15. The lowest BCUT2D eigenvalue weighted by Crippen LogP contribution is -2.71. The van der Waals surface area contributed by atoms with Crippen LogP contribution >= 0.6 is 34.9 Å². The molecule has 13 aromatic rings. The van der Waals surface area contributed by atoms with Crippen molar-refractivity contribution in [1.29, 1.82) is 0 Å². The number of hydrogen-bond acceptors (Lipinski definition) is 22. The molecule has 0 spiro atoms. The molecule has 116 heavy (non-hydrogen) atoms. The Kier molecular flexibility index (Phi) is 23.3. The van der Waals surface area contributed by atoms with Crippen LogP contribution < -0.4 is 20.1 Å². The number of rotatable bonds is 28. The molecule has 10 aromatic carbocycles. The van der Waals surface area contributed by atoms with Gasteiger partial charge in [0.05, 0.1) is 0 Å². The van der Waals surface area contributed by atoms with Gasteiger partial charge in [-0.2, -0.15) is 9.50 Å². The summed E-state index contributed by atoms with van der Waals surface area (Å²) in [6, 6.07) is 88.8. The monoisotopic (exact) mass is 1600 g/mol. The predicted molar refractivity (Wildman–Crippen MR) is 439 cm³/mol. The third kappa shape index (κ3) is 16.7. The van der Waals surface area contributed by atoms with E-state index in [4.69, 9.17) is 33.5 Å². The molecule has 1 saturated heterocycles. The van der Waals surface area contributed by atoms with E-state index in [-0.39, 0.29) is 51.6 Å². The Labute approximate surface area is 679 Å². The lowest BCUT2D eigenvalue weighted by atomic mass is 9.77. The van der Waals surface area contributed by atoms with Gasteiger partial charge < -0.3 is 39.2 Å². The van der Waals surface area contributed by atoms with Crippen LogP contribution in [0.4, 0.5) is 5.13 Å². The van der Waals surface area contributed by atoms with Crippen molar-refractivity contribution < 1.29 is 62.1 Å². The molecule has 0 radical (unpaired) electrons. The van der Waals surface area contributed by atoms with Crippen LogP contribution in [-0.4, -0.2) is 99.8 Å². The maximum atomic E-state index is 16.0. The number of β-lactam (4-membered cyclic amide) rings is 1. The Morgan fingerprint density at radius 2 is 0.991 bits per heavy atom. The fraction of sp³-hybridized carbons (Fsp3) is 0.143. The Morgan fingerprint density at radius 3 is 1.47 bits per heavy atom. The van der Waals surface area contributed by atoms with Gasteiger partial charge in [0.15, 0.2) is 40.7 Å². The lowest BCUT2D eigenvalue weighted by Gasteiger charge is -2.49. The van der Waals surface area contributed by atoms with E-state index >= 15 is 19.2 Å². The molecule has 0 aliphatic carbocycles. The van der Waals surface area contributed by atoms with Gasteiger partial charge in [-0.15, -0.1) is 40.0 Å². The first-order chi connectivity index (χ1) is 56.5. The number of aromatic nitrogens is 5.